The van der Waals surface area contributed by atoms with Crippen molar-refractivity contribution in [2.75, 3.05) is 4.90 Å². The number of anilines is 1. The van der Waals surface area contributed by atoms with Crippen molar-refractivity contribution < 1.29 is 14.7 Å². The summed E-state index contributed by atoms with van der Waals surface area (Å²) in [6.45, 7) is 3.19. The maximum absolute atomic E-state index is 13.2. The summed E-state index contributed by atoms with van der Waals surface area (Å²) in [5, 5.41) is 10.1. The van der Waals surface area contributed by atoms with Crippen LogP contribution in [0.5, 0.6) is 0 Å². The van der Waals surface area contributed by atoms with Crippen molar-refractivity contribution >= 4 is 40.2 Å². The monoisotopic (exact) mass is 535 g/mol. The van der Waals surface area contributed by atoms with E-state index in [4.69, 9.17) is 16.6 Å². The number of carboxylic acids is 1. The van der Waals surface area contributed by atoms with Gasteiger partial charge >= 0.3 is 5.97 Å². The molecule has 0 unspecified atom stereocenters. The van der Waals surface area contributed by atoms with E-state index in [0.717, 1.165) is 57.6 Å². The standard InChI is InChI=1S/C32H26ClN3O3/c1-2-7-29-34-30-27(33)16-23(35-19-22-8-3-4-10-25(22)31(35)37)17-28(30)36(29)18-20-12-14-21(15-13-20)24-9-5-6-11-26(24)32(38)39/h3-6,8-17H,2,7,18-19H2,1H3,(H,38,39). The van der Waals surface area contributed by atoms with Crippen LogP contribution in [0.4, 0.5) is 5.69 Å². The van der Waals surface area contributed by atoms with Crippen molar-refractivity contribution in [2.45, 2.75) is 32.9 Å². The van der Waals surface area contributed by atoms with E-state index in [9.17, 15) is 14.7 Å². The number of fused-ring (bicyclic) bond motifs is 2. The fourth-order valence-corrected chi connectivity index (χ4v) is 5.57. The smallest absolute Gasteiger partial charge is 0.336 e. The van der Waals surface area contributed by atoms with Gasteiger partial charge in [-0.05, 0) is 52.9 Å². The molecule has 7 heteroatoms. The maximum atomic E-state index is 13.2. The molecule has 6 nitrogen and oxygen atoms in total. The van der Waals surface area contributed by atoms with Crippen molar-refractivity contribution in [1.82, 2.24) is 9.55 Å². The van der Waals surface area contributed by atoms with Gasteiger partial charge in [0.1, 0.15) is 11.3 Å². The maximum Gasteiger partial charge on any atom is 0.336 e. The zero-order valence-electron chi connectivity index (χ0n) is 21.4. The molecule has 194 valence electrons. The molecule has 0 atom stereocenters. The second-order valence-corrected chi connectivity index (χ2v) is 10.2. The number of halogens is 1. The van der Waals surface area contributed by atoms with Crippen LogP contribution in [0.25, 0.3) is 22.2 Å². The highest BCUT2D eigenvalue weighted by atomic mass is 35.5. The molecule has 0 spiro atoms. The summed E-state index contributed by atoms with van der Waals surface area (Å²) >= 11 is 6.76. The molecule has 5 aromatic rings. The highest BCUT2D eigenvalue weighted by Crippen LogP contribution is 2.35. The Morgan fingerprint density at radius 2 is 1.69 bits per heavy atom. The van der Waals surface area contributed by atoms with E-state index < -0.39 is 5.97 Å². The van der Waals surface area contributed by atoms with Crippen molar-refractivity contribution in [3.8, 4) is 11.1 Å². The molecule has 1 aliphatic rings. The van der Waals surface area contributed by atoms with Gasteiger partial charge in [-0.15, -0.1) is 0 Å². The minimum atomic E-state index is -0.948. The Labute approximate surface area is 231 Å². The number of aromatic nitrogens is 2. The third kappa shape index (κ3) is 4.47. The van der Waals surface area contributed by atoms with Gasteiger partial charge in [0.25, 0.3) is 5.91 Å². The molecule has 1 aromatic heterocycles. The quantitative estimate of drug-likeness (QED) is 0.239. The van der Waals surface area contributed by atoms with Crippen molar-refractivity contribution in [2.24, 2.45) is 0 Å². The molecule has 39 heavy (non-hydrogen) atoms. The van der Waals surface area contributed by atoms with Crippen molar-refractivity contribution in [3.63, 3.8) is 0 Å². The van der Waals surface area contributed by atoms with E-state index in [2.05, 4.69) is 11.5 Å². The Kier molecular flexibility index (Phi) is 6.41. The third-order valence-corrected chi connectivity index (χ3v) is 7.53. The molecule has 1 N–H and O–H groups in total. The van der Waals surface area contributed by atoms with Crippen LogP contribution in [-0.4, -0.2) is 26.5 Å². The van der Waals surface area contributed by atoms with Crippen LogP contribution < -0.4 is 4.90 Å². The Morgan fingerprint density at radius 3 is 2.41 bits per heavy atom. The van der Waals surface area contributed by atoms with Gasteiger partial charge in [-0.25, -0.2) is 9.78 Å². The van der Waals surface area contributed by atoms with Crippen LogP contribution in [0, 0.1) is 0 Å². The Morgan fingerprint density at radius 1 is 0.974 bits per heavy atom. The fourth-order valence-electron chi connectivity index (χ4n) is 5.32. The molecule has 0 radical (unpaired) electrons. The summed E-state index contributed by atoms with van der Waals surface area (Å²) in [4.78, 5) is 31.5. The first kappa shape index (κ1) is 24.9. The number of nitrogens with zero attached hydrogens (tertiary/aromatic N) is 3. The van der Waals surface area contributed by atoms with Crippen LogP contribution >= 0.6 is 11.6 Å². The average molecular weight is 536 g/mol. The van der Waals surface area contributed by atoms with E-state index in [1.54, 1.807) is 17.0 Å². The topological polar surface area (TPSA) is 75.4 Å². The number of carbonyl (C=O) groups is 2. The molecule has 0 fully saturated rings. The van der Waals surface area contributed by atoms with Crippen molar-refractivity contribution in [3.05, 3.63) is 118 Å². The number of amides is 1. The molecule has 1 amide bonds. The first-order valence-electron chi connectivity index (χ1n) is 12.9. The lowest BCUT2D eigenvalue weighted by molar-refractivity contribution is 0.0697. The normalized spacial score (nSPS) is 12.8. The van der Waals surface area contributed by atoms with Crippen LogP contribution in [0.15, 0.2) is 84.9 Å². The first-order chi connectivity index (χ1) is 18.9. The summed E-state index contributed by atoms with van der Waals surface area (Å²) in [7, 11) is 0. The SMILES string of the molecule is CCCc1nc2c(Cl)cc(N3Cc4ccccc4C3=O)cc2n1Cc1ccc(-c2ccccc2C(=O)O)cc1. The van der Waals surface area contributed by atoms with Gasteiger partial charge in [0.05, 0.1) is 22.6 Å². The minimum absolute atomic E-state index is 0.0295. The molecule has 0 saturated heterocycles. The second kappa shape index (κ2) is 10.0. The molecule has 0 saturated carbocycles. The summed E-state index contributed by atoms with van der Waals surface area (Å²) in [6.07, 6.45) is 1.72. The average Bonchev–Trinajstić information content (AvgIpc) is 3.47. The van der Waals surface area contributed by atoms with Crippen LogP contribution in [-0.2, 0) is 19.5 Å². The van der Waals surface area contributed by atoms with Gasteiger partial charge in [0.2, 0.25) is 0 Å². The van der Waals surface area contributed by atoms with E-state index in [0.29, 0.717) is 23.7 Å². The number of carbonyl (C=O) groups excluding carboxylic acids is 1. The predicted molar refractivity (Wildman–Crippen MR) is 154 cm³/mol. The zero-order valence-corrected chi connectivity index (χ0v) is 22.2. The summed E-state index contributed by atoms with van der Waals surface area (Å²) in [5.74, 6) is -0.0444. The van der Waals surface area contributed by atoms with E-state index in [-0.39, 0.29) is 11.5 Å². The number of aryl methyl sites for hydroxylation is 1. The lowest BCUT2D eigenvalue weighted by Gasteiger charge is -2.17. The van der Waals surface area contributed by atoms with E-state index in [1.165, 1.54) is 0 Å². The van der Waals surface area contributed by atoms with Crippen LogP contribution in [0.2, 0.25) is 5.02 Å². The lowest BCUT2D eigenvalue weighted by Crippen LogP contribution is -2.23. The van der Waals surface area contributed by atoms with Gasteiger partial charge in [-0.3, -0.25) is 4.79 Å². The lowest BCUT2D eigenvalue weighted by atomic mass is 9.99. The molecule has 1 aliphatic heterocycles. The molecule has 6 rings (SSSR count). The summed E-state index contributed by atoms with van der Waals surface area (Å²) in [6, 6.07) is 26.5. The number of aromatic carboxylic acids is 1. The number of carboxylic acid groups (broad SMARTS) is 1. The Bertz CT molecular complexity index is 1740. The Balaban J connectivity index is 1.38. The number of hydrogen-bond donors (Lipinski definition) is 1. The molecule has 4 aromatic carbocycles. The fraction of sp³-hybridized carbons (Fsp3) is 0.156. The number of rotatable bonds is 7. The number of benzene rings is 4. The Hall–Kier alpha value is -4.42. The zero-order chi connectivity index (χ0) is 27.1. The van der Waals surface area contributed by atoms with E-state index in [1.807, 2.05) is 72.8 Å². The van der Waals surface area contributed by atoms with Crippen LogP contribution in [0.1, 0.15) is 51.0 Å². The van der Waals surface area contributed by atoms with Gasteiger partial charge in [-0.1, -0.05) is 79.2 Å². The number of imidazole rings is 1. The van der Waals surface area contributed by atoms with Gasteiger partial charge in [-0.2, -0.15) is 0 Å². The molecule has 0 aliphatic carbocycles. The highest BCUT2D eigenvalue weighted by Gasteiger charge is 2.29. The van der Waals surface area contributed by atoms with Crippen LogP contribution in [0.3, 0.4) is 0 Å². The third-order valence-electron chi connectivity index (χ3n) is 7.24. The summed E-state index contributed by atoms with van der Waals surface area (Å²) in [5.41, 5.74) is 6.93. The minimum Gasteiger partial charge on any atom is -0.478 e. The van der Waals surface area contributed by atoms with E-state index >= 15 is 0 Å². The number of hydrogen-bond acceptors (Lipinski definition) is 3. The van der Waals surface area contributed by atoms with Gasteiger partial charge in [0.15, 0.2) is 0 Å². The first-order valence-corrected chi connectivity index (χ1v) is 13.3. The summed E-state index contributed by atoms with van der Waals surface area (Å²) < 4.78 is 2.17. The van der Waals surface area contributed by atoms with Gasteiger partial charge in [0, 0.05) is 24.2 Å². The largest absolute Gasteiger partial charge is 0.478 e. The molecule has 0 bridgehead atoms. The molecular weight excluding hydrogens is 510 g/mol. The highest BCUT2D eigenvalue weighted by molar-refractivity contribution is 6.35. The molecular formula is C32H26ClN3O3. The predicted octanol–water partition coefficient (Wildman–Crippen LogP) is 7.22. The van der Waals surface area contributed by atoms with Crippen molar-refractivity contribution in [1.29, 1.82) is 0 Å². The van der Waals surface area contributed by atoms with Gasteiger partial charge < -0.3 is 14.6 Å². The second-order valence-electron chi connectivity index (χ2n) is 9.76. The molecule has 2 heterocycles.